The number of carbonyl (C=O) groups excluding carboxylic acids is 1. The Hall–Kier alpha value is -1.83. The smallest absolute Gasteiger partial charge is 0.330 e. The summed E-state index contributed by atoms with van der Waals surface area (Å²) in [4.78, 5) is 11.4. The Morgan fingerprint density at radius 2 is 1.88 bits per heavy atom. The minimum Gasteiger partial charge on any atom is -0.463 e. The van der Waals surface area contributed by atoms with Gasteiger partial charge in [-0.3, -0.25) is 0 Å². The van der Waals surface area contributed by atoms with Gasteiger partial charge in [0.05, 0.1) is 6.61 Å². The van der Waals surface area contributed by atoms with Crippen LogP contribution in [0.1, 0.15) is 67.2 Å². The SMILES string of the molecule is CCOC(=O)\C=C(C)/C=C/C=C(C)\C=C1/CCCC(CC)=C1C(C)C. The second-order valence-electron chi connectivity index (χ2n) is 6.96. The summed E-state index contributed by atoms with van der Waals surface area (Å²) in [6, 6.07) is 0. The Kier molecular flexibility index (Phi) is 9.26. The van der Waals surface area contributed by atoms with Gasteiger partial charge in [0.15, 0.2) is 0 Å². The molecule has 0 atom stereocenters. The van der Waals surface area contributed by atoms with Gasteiger partial charge in [-0.2, -0.15) is 0 Å². The normalized spacial score (nSPS) is 18.6. The molecule has 0 spiro atoms. The number of carbonyl (C=O) groups is 1. The van der Waals surface area contributed by atoms with Gasteiger partial charge in [0.2, 0.25) is 0 Å². The van der Waals surface area contributed by atoms with Gasteiger partial charge >= 0.3 is 5.97 Å². The maximum absolute atomic E-state index is 11.4. The zero-order valence-corrected chi connectivity index (χ0v) is 16.8. The lowest BCUT2D eigenvalue weighted by molar-refractivity contribution is -0.137. The van der Waals surface area contributed by atoms with E-state index in [0.29, 0.717) is 12.5 Å². The lowest BCUT2D eigenvalue weighted by atomic mass is 9.80. The molecule has 0 saturated carbocycles. The Bertz CT molecular complexity index is 610. The molecule has 1 aliphatic carbocycles. The van der Waals surface area contributed by atoms with Gasteiger partial charge in [-0.15, -0.1) is 0 Å². The Balaban J connectivity index is 2.90. The van der Waals surface area contributed by atoms with Crippen LogP contribution in [0.2, 0.25) is 0 Å². The van der Waals surface area contributed by atoms with Crippen LogP contribution in [-0.4, -0.2) is 12.6 Å². The highest BCUT2D eigenvalue weighted by Gasteiger charge is 2.18. The van der Waals surface area contributed by atoms with Crippen LogP contribution in [0, 0.1) is 5.92 Å². The lowest BCUT2D eigenvalue weighted by Crippen LogP contribution is -2.08. The van der Waals surface area contributed by atoms with Crippen molar-refractivity contribution in [3.05, 3.63) is 58.2 Å². The summed E-state index contributed by atoms with van der Waals surface area (Å²) in [6.45, 7) is 13.1. The molecule has 0 aromatic heterocycles. The number of hydrogen-bond acceptors (Lipinski definition) is 2. The number of hydrogen-bond donors (Lipinski definition) is 0. The number of ether oxygens (including phenoxy) is 1. The topological polar surface area (TPSA) is 26.3 Å². The molecule has 0 bridgehead atoms. The van der Waals surface area contributed by atoms with Crippen LogP contribution in [0.5, 0.6) is 0 Å². The highest BCUT2D eigenvalue weighted by molar-refractivity contribution is 5.83. The zero-order chi connectivity index (χ0) is 18.8. The van der Waals surface area contributed by atoms with E-state index < -0.39 is 0 Å². The fraction of sp³-hybridized carbons (Fsp3) is 0.522. The van der Waals surface area contributed by atoms with E-state index in [1.165, 1.54) is 36.5 Å². The number of allylic oxidation sites excluding steroid dienone is 9. The molecule has 0 saturated heterocycles. The lowest BCUT2D eigenvalue weighted by Gasteiger charge is -2.26. The maximum atomic E-state index is 11.4. The summed E-state index contributed by atoms with van der Waals surface area (Å²) < 4.78 is 4.92. The highest BCUT2D eigenvalue weighted by atomic mass is 16.5. The minimum atomic E-state index is -0.284. The third-order valence-corrected chi connectivity index (χ3v) is 4.41. The molecule has 0 fully saturated rings. The van der Waals surface area contributed by atoms with E-state index >= 15 is 0 Å². The van der Waals surface area contributed by atoms with Crippen molar-refractivity contribution < 1.29 is 9.53 Å². The van der Waals surface area contributed by atoms with E-state index in [1.54, 1.807) is 11.1 Å². The van der Waals surface area contributed by atoms with Gasteiger partial charge in [0.25, 0.3) is 0 Å². The van der Waals surface area contributed by atoms with Gasteiger partial charge in [-0.05, 0) is 69.1 Å². The monoisotopic (exact) mass is 342 g/mol. The number of esters is 1. The van der Waals surface area contributed by atoms with Crippen molar-refractivity contribution >= 4 is 5.97 Å². The quantitative estimate of drug-likeness (QED) is 0.301. The fourth-order valence-electron chi connectivity index (χ4n) is 3.38. The average Bonchev–Trinajstić information content (AvgIpc) is 2.54. The summed E-state index contributed by atoms with van der Waals surface area (Å²) in [6.07, 6.45) is 14.7. The Morgan fingerprint density at radius 1 is 1.16 bits per heavy atom. The summed E-state index contributed by atoms with van der Waals surface area (Å²) in [5.41, 5.74) is 6.83. The van der Waals surface area contributed by atoms with E-state index in [4.69, 9.17) is 4.74 Å². The molecule has 0 amide bonds. The molecule has 0 unspecified atom stereocenters. The van der Waals surface area contributed by atoms with Gasteiger partial charge in [0.1, 0.15) is 0 Å². The van der Waals surface area contributed by atoms with Crippen LogP contribution in [0.25, 0.3) is 0 Å². The van der Waals surface area contributed by atoms with Crippen LogP contribution in [0.3, 0.4) is 0 Å². The molecule has 1 rings (SSSR count). The summed E-state index contributed by atoms with van der Waals surface area (Å²) in [5, 5.41) is 0. The van der Waals surface area contributed by atoms with Gasteiger partial charge in [-0.25, -0.2) is 4.79 Å². The predicted octanol–water partition coefficient (Wildman–Crippen LogP) is 6.47. The molecule has 138 valence electrons. The molecule has 1 aliphatic rings. The minimum absolute atomic E-state index is 0.284. The molecule has 0 N–H and O–H groups in total. The van der Waals surface area contributed by atoms with Crippen LogP contribution in [-0.2, 0) is 9.53 Å². The molecule has 0 heterocycles. The van der Waals surface area contributed by atoms with Gasteiger partial charge in [-0.1, -0.05) is 56.2 Å². The molecular weight excluding hydrogens is 308 g/mol. The van der Waals surface area contributed by atoms with Crippen LogP contribution in [0.15, 0.2) is 58.2 Å². The molecule has 2 nitrogen and oxygen atoms in total. The third-order valence-electron chi connectivity index (χ3n) is 4.41. The van der Waals surface area contributed by atoms with Crippen LogP contribution in [0.4, 0.5) is 0 Å². The van der Waals surface area contributed by atoms with Gasteiger partial charge in [0, 0.05) is 6.08 Å². The molecular formula is C23H34O2. The molecule has 0 aromatic carbocycles. The standard InChI is InChI=1S/C23H34O2/c1-7-20-13-10-14-21(23(20)17(3)4)15-18(5)11-9-12-19(6)16-22(24)25-8-2/h9,11-12,15-17H,7-8,10,13-14H2,1-6H3/b12-9+,18-11-,19-16-,21-15+. The van der Waals surface area contributed by atoms with Crippen LogP contribution < -0.4 is 0 Å². The van der Waals surface area contributed by atoms with Crippen LogP contribution >= 0.6 is 0 Å². The molecule has 0 aromatic rings. The van der Waals surface area contributed by atoms with E-state index in [0.717, 1.165) is 12.0 Å². The molecule has 0 aliphatic heterocycles. The first-order chi connectivity index (χ1) is 11.9. The van der Waals surface area contributed by atoms with Crippen molar-refractivity contribution in [3.63, 3.8) is 0 Å². The van der Waals surface area contributed by atoms with E-state index in [1.807, 2.05) is 26.0 Å². The van der Waals surface area contributed by atoms with Crippen molar-refractivity contribution in [2.24, 2.45) is 5.92 Å². The largest absolute Gasteiger partial charge is 0.463 e. The first-order valence-electron chi connectivity index (χ1n) is 9.51. The van der Waals surface area contributed by atoms with E-state index in [9.17, 15) is 4.79 Å². The second-order valence-corrected chi connectivity index (χ2v) is 6.96. The van der Waals surface area contributed by atoms with Crippen molar-refractivity contribution in [2.45, 2.75) is 67.2 Å². The van der Waals surface area contributed by atoms with E-state index in [2.05, 4.69) is 39.8 Å². The predicted molar refractivity (Wildman–Crippen MR) is 107 cm³/mol. The van der Waals surface area contributed by atoms with Gasteiger partial charge < -0.3 is 4.74 Å². The van der Waals surface area contributed by atoms with Crippen molar-refractivity contribution in [2.75, 3.05) is 6.61 Å². The fourth-order valence-corrected chi connectivity index (χ4v) is 3.38. The van der Waals surface area contributed by atoms with Crippen molar-refractivity contribution in [1.29, 1.82) is 0 Å². The number of rotatable bonds is 7. The first kappa shape index (κ1) is 21.2. The Morgan fingerprint density at radius 3 is 2.48 bits per heavy atom. The zero-order valence-electron chi connectivity index (χ0n) is 16.8. The summed E-state index contributed by atoms with van der Waals surface area (Å²) in [7, 11) is 0. The molecule has 0 radical (unpaired) electrons. The van der Waals surface area contributed by atoms with Crippen molar-refractivity contribution in [3.8, 4) is 0 Å². The maximum Gasteiger partial charge on any atom is 0.330 e. The summed E-state index contributed by atoms with van der Waals surface area (Å²) in [5.74, 6) is 0.299. The molecule has 25 heavy (non-hydrogen) atoms. The Labute approximate surface area is 154 Å². The molecule has 2 heteroatoms. The van der Waals surface area contributed by atoms with Crippen molar-refractivity contribution in [1.82, 2.24) is 0 Å². The van der Waals surface area contributed by atoms with E-state index in [-0.39, 0.29) is 5.97 Å². The first-order valence-corrected chi connectivity index (χ1v) is 9.51. The summed E-state index contributed by atoms with van der Waals surface area (Å²) >= 11 is 0. The average molecular weight is 343 g/mol. The third kappa shape index (κ3) is 7.29. The highest BCUT2D eigenvalue weighted by Crippen LogP contribution is 2.36. The second kappa shape index (κ2) is 10.9.